The van der Waals surface area contributed by atoms with Crippen LogP contribution in [-0.2, 0) is 28.6 Å². The maximum Gasteiger partial charge on any atom is 0.306 e. The Bertz CT molecular complexity index is 1350. The molecule has 0 bridgehead atoms. The number of rotatable bonds is 53. The summed E-state index contributed by atoms with van der Waals surface area (Å²) in [6.07, 6.45) is 75.8. The van der Waals surface area contributed by atoms with Crippen LogP contribution in [-0.4, -0.2) is 37.2 Å². The summed E-state index contributed by atoms with van der Waals surface area (Å²) in [6.45, 7) is 6.42. The molecule has 0 amide bonds. The van der Waals surface area contributed by atoms with Gasteiger partial charge in [-0.1, -0.05) is 260 Å². The normalized spacial score (nSPS) is 12.7. The summed E-state index contributed by atoms with van der Waals surface area (Å²) in [6, 6.07) is 0. The van der Waals surface area contributed by atoms with Gasteiger partial charge in [0.1, 0.15) is 13.2 Å². The highest BCUT2D eigenvalue weighted by molar-refractivity contribution is 5.71. The molecule has 0 aliphatic carbocycles. The van der Waals surface area contributed by atoms with E-state index in [2.05, 4.69) is 106 Å². The molecule has 0 aromatic carbocycles. The number of unbranched alkanes of at least 4 members (excludes halogenated alkanes) is 28. The average molecular weight is 976 g/mol. The van der Waals surface area contributed by atoms with Gasteiger partial charge in [0, 0.05) is 19.3 Å². The number of hydrogen-bond donors (Lipinski definition) is 0. The van der Waals surface area contributed by atoms with E-state index in [9.17, 15) is 14.4 Å². The quantitative estimate of drug-likeness (QED) is 0.0261. The van der Waals surface area contributed by atoms with Gasteiger partial charge in [-0.2, -0.15) is 0 Å². The van der Waals surface area contributed by atoms with Gasteiger partial charge in [-0.3, -0.25) is 14.4 Å². The first-order valence-electron chi connectivity index (χ1n) is 29.6. The number of carbonyl (C=O) groups is 3. The Kier molecular flexibility index (Phi) is 55.3. The lowest BCUT2D eigenvalue weighted by molar-refractivity contribution is -0.167. The number of esters is 3. The van der Waals surface area contributed by atoms with E-state index in [1.165, 1.54) is 122 Å². The second-order valence-corrected chi connectivity index (χ2v) is 19.5. The van der Waals surface area contributed by atoms with Crippen LogP contribution in [0.1, 0.15) is 284 Å². The van der Waals surface area contributed by atoms with Crippen molar-refractivity contribution in [2.45, 2.75) is 290 Å². The Hall–Kier alpha value is -3.41. The molecule has 0 rings (SSSR count). The zero-order valence-electron chi connectivity index (χ0n) is 46.0. The van der Waals surface area contributed by atoms with Crippen LogP contribution in [0.3, 0.4) is 0 Å². The highest BCUT2D eigenvalue weighted by Crippen LogP contribution is 2.16. The van der Waals surface area contributed by atoms with Crippen molar-refractivity contribution in [1.82, 2.24) is 0 Å². The molecule has 0 aromatic heterocycles. The second-order valence-electron chi connectivity index (χ2n) is 19.5. The maximum atomic E-state index is 12.8. The van der Waals surface area contributed by atoms with Gasteiger partial charge in [-0.05, 0) is 89.9 Å². The lowest BCUT2D eigenvalue weighted by Gasteiger charge is -2.18. The molecule has 0 heterocycles. The van der Waals surface area contributed by atoms with Crippen LogP contribution in [0.15, 0.2) is 85.1 Å². The van der Waals surface area contributed by atoms with Gasteiger partial charge in [-0.15, -0.1) is 0 Å². The van der Waals surface area contributed by atoms with Crippen LogP contribution >= 0.6 is 0 Å². The molecule has 6 heteroatoms. The van der Waals surface area contributed by atoms with Gasteiger partial charge in [0.25, 0.3) is 0 Å². The van der Waals surface area contributed by atoms with Gasteiger partial charge >= 0.3 is 17.9 Å². The summed E-state index contributed by atoms with van der Waals surface area (Å²) in [5.74, 6) is -0.893. The largest absolute Gasteiger partial charge is 0.462 e. The van der Waals surface area contributed by atoms with E-state index in [1.54, 1.807) is 0 Å². The Labute approximate surface area is 433 Å². The summed E-state index contributed by atoms with van der Waals surface area (Å²) < 4.78 is 16.9. The average Bonchev–Trinajstić information content (AvgIpc) is 3.36. The van der Waals surface area contributed by atoms with Gasteiger partial charge < -0.3 is 14.2 Å². The smallest absolute Gasteiger partial charge is 0.306 e. The first-order chi connectivity index (χ1) is 34.5. The van der Waals surface area contributed by atoms with Crippen molar-refractivity contribution in [2.24, 2.45) is 0 Å². The molecule has 1 atom stereocenters. The van der Waals surface area contributed by atoms with E-state index >= 15 is 0 Å². The molecule has 0 spiro atoms. The number of hydrogen-bond acceptors (Lipinski definition) is 6. The van der Waals surface area contributed by atoms with Gasteiger partial charge in [0.15, 0.2) is 6.10 Å². The molecular weight excluding hydrogens is 865 g/mol. The van der Waals surface area contributed by atoms with Crippen LogP contribution in [0, 0.1) is 0 Å². The highest BCUT2D eigenvalue weighted by Gasteiger charge is 2.19. The van der Waals surface area contributed by atoms with Gasteiger partial charge in [-0.25, -0.2) is 0 Å². The Morgan fingerprint density at radius 3 is 0.871 bits per heavy atom. The Morgan fingerprint density at radius 1 is 0.300 bits per heavy atom. The molecule has 0 aromatic rings. The minimum absolute atomic E-state index is 0.0813. The third-order valence-electron chi connectivity index (χ3n) is 12.6. The number of ether oxygens (including phenoxy) is 3. The molecule has 402 valence electrons. The predicted molar refractivity (Wildman–Crippen MR) is 302 cm³/mol. The first-order valence-corrected chi connectivity index (χ1v) is 29.6. The molecule has 0 saturated heterocycles. The third-order valence-corrected chi connectivity index (χ3v) is 12.6. The van der Waals surface area contributed by atoms with Crippen molar-refractivity contribution < 1.29 is 28.6 Å². The van der Waals surface area contributed by atoms with Crippen LogP contribution < -0.4 is 0 Å². The minimum Gasteiger partial charge on any atom is -0.462 e. The number of carbonyl (C=O) groups excluding carboxylic acids is 3. The Morgan fingerprint density at radius 2 is 0.557 bits per heavy atom. The zero-order valence-corrected chi connectivity index (χ0v) is 46.0. The molecule has 0 saturated carbocycles. The molecule has 0 aliphatic heterocycles. The van der Waals surface area contributed by atoms with Crippen molar-refractivity contribution in [3.63, 3.8) is 0 Å². The highest BCUT2D eigenvalue weighted by atomic mass is 16.6. The third kappa shape index (κ3) is 55.5. The van der Waals surface area contributed by atoms with E-state index < -0.39 is 6.10 Å². The predicted octanol–water partition coefficient (Wildman–Crippen LogP) is 19.9. The standard InChI is InChI=1S/C64H110O6/c1-4-7-10-13-16-19-22-25-27-28-29-30-31-32-33-34-35-36-38-39-42-45-48-51-54-57-63(66)69-60-61(59-68-62(65)56-53-50-47-44-41-24-21-18-15-12-9-6-3)70-64(67)58-55-52-49-46-43-40-37-26-23-20-17-14-11-8-5-2/h7-8,10-11,16-17,19-20,25-27,29-30,37,61H,4-6,9,12-15,18,21-24,28,31-36,38-60H2,1-3H3/b10-7-,11-8-,19-16-,20-17-,27-25-,30-29-,37-26-. The summed E-state index contributed by atoms with van der Waals surface area (Å²) in [7, 11) is 0. The molecule has 1 unspecified atom stereocenters. The molecule has 0 fully saturated rings. The zero-order chi connectivity index (χ0) is 50.7. The summed E-state index contributed by atoms with van der Waals surface area (Å²) in [5, 5.41) is 0. The maximum absolute atomic E-state index is 12.8. The summed E-state index contributed by atoms with van der Waals surface area (Å²) in [4.78, 5) is 38.1. The van der Waals surface area contributed by atoms with E-state index in [0.29, 0.717) is 19.3 Å². The Balaban J connectivity index is 4.28. The number of allylic oxidation sites excluding steroid dienone is 14. The molecule has 0 N–H and O–H groups in total. The van der Waals surface area contributed by atoms with Crippen molar-refractivity contribution >= 4 is 17.9 Å². The van der Waals surface area contributed by atoms with Crippen LogP contribution in [0.25, 0.3) is 0 Å². The van der Waals surface area contributed by atoms with Crippen molar-refractivity contribution in [1.29, 1.82) is 0 Å². The van der Waals surface area contributed by atoms with E-state index in [0.717, 1.165) is 122 Å². The molecular formula is C64H110O6. The van der Waals surface area contributed by atoms with Crippen molar-refractivity contribution in [3.8, 4) is 0 Å². The van der Waals surface area contributed by atoms with E-state index in [1.807, 2.05) is 0 Å². The van der Waals surface area contributed by atoms with Gasteiger partial charge in [0.05, 0.1) is 0 Å². The second kappa shape index (κ2) is 58.2. The summed E-state index contributed by atoms with van der Waals surface area (Å²) >= 11 is 0. The van der Waals surface area contributed by atoms with E-state index in [-0.39, 0.29) is 31.1 Å². The van der Waals surface area contributed by atoms with Crippen LogP contribution in [0.4, 0.5) is 0 Å². The lowest BCUT2D eigenvalue weighted by Crippen LogP contribution is -2.30. The van der Waals surface area contributed by atoms with Crippen molar-refractivity contribution in [3.05, 3.63) is 85.1 Å². The first kappa shape index (κ1) is 66.6. The minimum atomic E-state index is -0.784. The van der Waals surface area contributed by atoms with Crippen molar-refractivity contribution in [2.75, 3.05) is 13.2 Å². The molecule has 70 heavy (non-hydrogen) atoms. The fourth-order valence-electron chi connectivity index (χ4n) is 8.27. The molecule has 6 nitrogen and oxygen atoms in total. The van der Waals surface area contributed by atoms with Gasteiger partial charge in [0.2, 0.25) is 0 Å². The SMILES string of the molecule is CC/C=C\C/C=C\C/C=C\C/C=C\CCCCCCCCCCCCCCC(=O)OCC(COC(=O)CCCCCCCCCCCCCC)OC(=O)CCCCCCC/C=C\C/C=C\C/C=C\CC. The van der Waals surface area contributed by atoms with Crippen LogP contribution in [0.2, 0.25) is 0 Å². The lowest BCUT2D eigenvalue weighted by atomic mass is 10.0. The van der Waals surface area contributed by atoms with E-state index in [4.69, 9.17) is 14.2 Å². The fourth-order valence-corrected chi connectivity index (χ4v) is 8.27. The monoisotopic (exact) mass is 975 g/mol. The fraction of sp³-hybridized carbons (Fsp3) is 0.734. The summed E-state index contributed by atoms with van der Waals surface area (Å²) in [5.41, 5.74) is 0. The molecule has 0 aliphatic rings. The molecule has 0 radical (unpaired) electrons. The topological polar surface area (TPSA) is 78.9 Å². The van der Waals surface area contributed by atoms with Crippen LogP contribution in [0.5, 0.6) is 0 Å².